The molecule has 0 spiro atoms. The lowest BCUT2D eigenvalue weighted by Gasteiger charge is -2.06. The number of carbonyl (C=O) groups excluding carboxylic acids is 1. The van der Waals surface area contributed by atoms with Crippen LogP contribution in [-0.2, 0) is 9.53 Å². The summed E-state index contributed by atoms with van der Waals surface area (Å²) in [6, 6.07) is 0. The summed E-state index contributed by atoms with van der Waals surface area (Å²) in [6.45, 7) is 3.27. The van der Waals surface area contributed by atoms with Gasteiger partial charge in [0.15, 0.2) is 0 Å². The first kappa shape index (κ1) is 46.2. The van der Waals surface area contributed by atoms with E-state index in [4.69, 9.17) is 9.84 Å². The number of ether oxygens (including phenoxy) is 1. The Balaban J connectivity index is 3.16. The number of hydrogen-bond acceptors (Lipinski definition) is 3. The van der Waals surface area contributed by atoms with Gasteiger partial charge in [-0.2, -0.15) is 0 Å². The monoisotopic (exact) mass is 663 g/mol. The van der Waals surface area contributed by atoms with Crippen molar-refractivity contribution in [1.29, 1.82) is 0 Å². The van der Waals surface area contributed by atoms with Crippen molar-refractivity contribution < 1.29 is 14.6 Å². The Morgan fingerprint density at radius 1 is 0.404 bits per heavy atom. The smallest absolute Gasteiger partial charge is 0.305 e. The molecule has 0 radical (unpaired) electrons. The van der Waals surface area contributed by atoms with Gasteiger partial charge in [0.25, 0.3) is 0 Å². The number of aliphatic hydroxyl groups excluding tert-OH is 1. The molecule has 0 heterocycles. The number of unbranched alkanes of at least 4 members (excludes halogenated alkanes) is 34. The molecule has 280 valence electrons. The summed E-state index contributed by atoms with van der Waals surface area (Å²) in [5.74, 6) is 0.0191. The molecule has 0 saturated heterocycles. The van der Waals surface area contributed by atoms with Gasteiger partial charge < -0.3 is 9.84 Å². The standard InChI is InChI=1S/C44H86O3/c1-2-3-4-5-6-7-8-9-10-17-20-23-26-29-32-35-38-41-44(46)47-43-40-37-34-31-28-25-22-19-16-14-12-11-13-15-18-21-24-27-30-33-36-39-42-45/h9-10,45H,2-8,11-43H2,1H3. The summed E-state index contributed by atoms with van der Waals surface area (Å²) in [5, 5.41) is 8.80. The Kier molecular flexibility index (Phi) is 42.4. The zero-order chi connectivity index (χ0) is 34.0. The van der Waals surface area contributed by atoms with Gasteiger partial charge in [-0.3, -0.25) is 4.79 Å². The molecule has 0 aromatic carbocycles. The predicted octanol–water partition coefficient (Wildman–Crippen LogP) is 14.9. The number of allylic oxidation sites excluding steroid dienone is 2. The third-order valence-corrected chi connectivity index (χ3v) is 9.96. The van der Waals surface area contributed by atoms with Gasteiger partial charge in [0.2, 0.25) is 0 Å². The minimum Gasteiger partial charge on any atom is -0.466 e. The topological polar surface area (TPSA) is 46.5 Å². The molecular weight excluding hydrogens is 576 g/mol. The van der Waals surface area contributed by atoms with Crippen molar-refractivity contribution in [2.24, 2.45) is 0 Å². The van der Waals surface area contributed by atoms with Gasteiger partial charge in [0.1, 0.15) is 0 Å². The van der Waals surface area contributed by atoms with Crippen LogP contribution in [0.15, 0.2) is 12.2 Å². The first-order valence-electron chi connectivity index (χ1n) is 21.7. The van der Waals surface area contributed by atoms with Crippen LogP contribution in [0.1, 0.15) is 251 Å². The number of aliphatic hydroxyl groups is 1. The van der Waals surface area contributed by atoms with Crippen LogP contribution in [0.2, 0.25) is 0 Å². The molecule has 47 heavy (non-hydrogen) atoms. The van der Waals surface area contributed by atoms with Crippen LogP contribution in [0.25, 0.3) is 0 Å². The van der Waals surface area contributed by atoms with Gasteiger partial charge in [0.05, 0.1) is 6.61 Å². The van der Waals surface area contributed by atoms with E-state index in [1.165, 1.54) is 218 Å². The zero-order valence-electron chi connectivity index (χ0n) is 32.2. The highest BCUT2D eigenvalue weighted by Gasteiger charge is 2.03. The summed E-state index contributed by atoms with van der Waals surface area (Å²) in [6.07, 6.45) is 54.6. The van der Waals surface area contributed by atoms with Gasteiger partial charge >= 0.3 is 5.97 Å². The fourth-order valence-electron chi connectivity index (χ4n) is 6.70. The summed E-state index contributed by atoms with van der Waals surface area (Å²) in [4.78, 5) is 12.0. The second-order valence-corrected chi connectivity index (χ2v) is 14.8. The summed E-state index contributed by atoms with van der Waals surface area (Å²) in [7, 11) is 0. The highest BCUT2D eigenvalue weighted by molar-refractivity contribution is 5.69. The summed E-state index contributed by atoms with van der Waals surface area (Å²) < 4.78 is 5.47. The summed E-state index contributed by atoms with van der Waals surface area (Å²) >= 11 is 0. The average molecular weight is 663 g/mol. The van der Waals surface area contributed by atoms with E-state index in [0.29, 0.717) is 19.6 Å². The predicted molar refractivity (Wildman–Crippen MR) is 208 cm³/mol. The van der Waals surface area contributed by atoms with E-state index in [1.807, 2.05) is 0 Å². The molecule has 0 bridgehead atoms. The van der Waals surface area contributed by atoms with Crippen molar-refractivity contribution in [3.05, 3.63) is 12.2 Å². The van der Waals surface area contributed by atoms with Gasteiger partial charge in [-0.1, -0.05) is 212 Å². The van der Waals surface area contributed by atoms with Crippen molar-refractivity contribution in [2.45, 2.75) is 251 Å². The van der Waals surface area contributed by atoms with E-state index in [9.17, 15) is 4.79 Å². The normalized spacial score (nSPS) is 11.6. The molecule has 0 fully saturated rings. The third-order valence-electron chi connectivity index (χ3n) is 9.96. The maximum Gasteiger partial charge on any atom is 0.305 e. The highest BCUT2D eigenvalue weighted by Crippen LogP contribution is 2.16. The SMILES string of the molecule is CCCCCCCCC=CCCCCCCCCCC(=O)OCCCCCCCCCCCCCCCCCCCCCCCCO. The second kappa shape index (κ2) is 43.2. The largest absolute Gasteiger partial charge is 0.466 e. The molecule has 0 aromatic heterocycles. The van der Waals surface area contributed by atoms with Gasteiger partial charge in [-0.05, 0) is 44.9 Å². The Hall–Kier alpha value is -0.830. The quantitative estimate of drug-likeness (QED) is 0.0402. The lowest BCUT2D eigenvalue weighted by atomic mass is 10.0. The molecule has 3 heteroatoms. The van der Waals surface area contributed by atoms with Crippen LogP contribution in [0.3, 0.4) is 0 Å². The molecule has 0 aromatic rings. The minimum atomic E-state index is 0.0191. The van der Waals surface area contributed by atoms with E-state index in [1.54, 1.807) is 0 Å². The molecule has 0 saturated carbocycles. The van der Waals surface area contributed by atoms with Crippen molar-refractivity contribution in [3.8, 4) is 0 Å². The minimum absolute atomic E-state index is 0.0191. The fraction of sp³-hybridized carbons (Fsp3) is 0.932. The van der Waals surface area contributed by atoms with Gasteiger partial charge in [0, 0.05) is 13.0 Å². The molecule has 0 aliphatic heterocycles. The summed E-state index contributed by atoms with van der Waals surface area (Å²) in [5.41, 5.74) is 0. The fourth-order valence-corrected chi connectivity index (χ4v) is 6.70. The van der Waals surface area contributed by atoms with Crippen LogP contribution in [-0.4, -0.2) is 24.3 Å². The molecule has 0 rings (SSSR count). The maximum atomic E-state index is 12.0. The lowest BCUT2D eigenvalue weighted by molar-refractivity contribution is -0.143. The Labute approximate surface area is 296 Å². The van der Waals surface area contributed by atoms with E-state index < -0.39 is 0 Å². The average Bonchev–Trinajstić information content (AvgIpc) is 3.08. The third kappa shape index (κ3) is 43.1. The molecule has 0 aliphatic carbocycles. The van der Waals surface area contributed by atoms with E-state index in [-0.39, 0.29) is 5.97 Å². The molecule has 1 N–H and O–H groups in total. The first-order chi connectivity index (χ1) is 23.3. The van der Waals surface area contributed by atoms with Crippen molar-refractivity contribution >= 4 is 5.97 Å². The molecule has 3 nitrogen and oxygen atoms in total. The first-order valence-corrected chi connectivity index (χ1v) is 21.7. The van der Waals surface area contributed by atoms with Crippen LogP contribution >= 0.6 is 0 Å². The van der Waals surface area contributed by atoms with Crippen LogP contribution < -0.4 is 0 Å². The van der Waals surface area contributed by atoms with Crippen molar-refractivity contribution in [2.75, 3.05) is 13.2 Å². The van der Waals surface area contributed by atoms with Crippen molar-refractivity contribution in [3.63, 3.8) is 0 Å². The maximum absolute atomic E-state index is 12.0. The van der Waals surface area contributed by atoms with Crippen LogP contribution in [0.4, 0.5) is 0 Å². The number of hydrogen-bond donors (Lipinski definition) is 1. The molecule has 0 unspecified atom stereocenters. The second-order valence-electron chi connectivity index (χ2n) is 14.8. The number of esters is 1. The van der Waals surface area contributed by atoms with E-state index in [0.717, 1.165) is 19.3 Å². The number of rotatable bonds is 41. The lowest BCUT2D eigenvalue weighted by Crippen LogP contribution is -2.05. The van der Waals surface area contributed by atoms with Crippen LogP contribution in [0.5, 0.6) is 0 Å². The van der Waals surface area contributed by atoms with Crippen molar-refractivity contribution in [1.82, 2.24) is 0 Å². The zero-order valence-corrected chi connectivity index (χ0v) is 32.2. The molecule has 0 amide bonds. The molecular formula is C44H86O3. The van der Waals surface area contributed by atoms with Gasteiger partial charge in [-0.15, -0.1) is 0 Å². The van der Waals surface area contributed by atoms with E-state index in [2.05, 4.69) is 19.1 Å². The Morgan fingerprint density at radius 2 is 0.702 bits per heavy atom. The van der Waals surface area contributed by atoms with Crippen LogP contribution in [0, 0.1) is 0 Å². The molecule has 0 aliphatic rings. The Morgan fingerprint density at radius 3 is 1.06 bits per heavy atom. The van der Waals surface area contributed by atoms with E-state index >= 15 is 0 Å². The number of carbonyl (C=O) groups is 1. The highest BCUT2D eigenvalue weighted by atomic mass is 16.5. The van der Waals surface area contributed by atoms with Gasteiger partial charge in [-0.25, -0.2) is 0 Å². The molecule has 0 atom stereocenters. The Bertz CT molecular complexity index is 601.